The van der Waals surface area contributed by atoms with Crippen molar-refractivity contribution in [3.63, 3.8) is 0 Å². The second-order valence-corrected chi connectivity index (χ2v) is 17.6. The Morgan fingerprint density at radius 3 is 2.38 bits per heavy atom. The first-order valence-corrected chi connectivity index (χ1v) is 19.5. The second-order valence-electron chi connectivity index (χ2n) is 16.5. The van der Waals surface area contributed by atoms with E-state index in [0.717, 1.165) is 28.5 Å². The second kappa shape index (κ2) is 12.4. The summed E-state index contributed by atoms with van der Waals surface area (Å²) in [5.41, 5.74) is -2.03. The fourth-order valence-corrected chi connectivity index (χ4v) is 12.6. The molecule has 0 saturated heterocycles. The number of hydrogen-bond acceptors (Lipinski definition) is 7. The number of halogens is 3. The molecule has 1 heterocycles. The third-order valence-electron chi connectivity index (χ3n) is 14.1. The molecule has 3 fully saturated rings. The van der Waals surface area contributed by atoms with Gasteiger partial charge in [0.25, 0.3) is 0 Å². The van der Waals surface area contributed by atoms with Gasteiger partial charge in [-0.1, -0.05) is 62.4 Å². The Labute approximate surface area is 311 Å². The Kier molecular flexibility index (Phi) is 8.52. The molecule has 1 aromatic heterocycles. The molecule has 3 aromatic rings. The maximum absolute atomic E-state index is 15.0. The van der Waals surface area contributed by atoms with E-state index in [1.54, 1.807) is 6.92 Å². The molecule has 2 N–H and O–H groups in total. The number of thiophene rings is 1. The van der Waals surface area contributed by atoms with Gasteiger partial charge in [0.1, 0.15) is 5.75 Å². The standard InChI is InChI=1S/C42H46F3NO6S/c1-4-51-36(49)46(24-26-9-11-29(12-10-26)52-42(43,44)45)25-40(50)18-15-34-38(40,3)17-14-33-37(2)16-13-28(47)22-39(37)19-20-41(33,34)30(23-39)35(48)32-21-27-7-5-6-8-31(27)53-32/h5-12,19-21,23,28,33-34,47,50H,4,13-18,22,24-25H2,1-3H3. The molecule has 53 heavy (non-hydrogen) atoms. The number of fused-ring (bicyclic) bond motifs is 2. The lowest BCUT2D eigenvalue weighted by Gasteiger charge is -2.71. The summed E-state index contributed by atoms with van der Waals surface area (Å²) in [5, 5.41) is 25.0. The molecule has 2 bridgehead atoms. The SMILES string of the molecule is CCOC(=O)N(Cc1ccc(OC(F)(F)F)cc1)CC1(O)CCC2C34C=CC5(C=C3C(=O)c3cc6ccccc6s3)CC(O)CCC5(C)C4CCC21C. The molecule has 2 aromatic carbocycles. The molecule has 0 radical (unpaired) electrons. The molecule has 8 atom stereocenters. The number of ether oxygens (including phenoxy) is 2. The molecule has 8 unspecified atom stereocenters. The number of nitrogens with zero attached hydrogens (tertiary/aromatic N) is 1. The number of rotatable bonds is 8. The number of benzene rings is 2. The summed E-state index contributed by atoms with van der Waals surface area (Å²) in [5.74, 6) is -0.362. The molecule has 1 amide bonds. The summed E-state index contributed by atoms with van der Waals surface area (Å²) in [7, 11) is 0. The van der Waals surface area contributed by atoms with Gasteiger partial charge in [0.05, 0.1) is 29.7 Å². The first-order valence-electron chi connectivity index (χ1n) is 18.7. The molecule has 7 nitrogen and oxygen atoms in total. The smallest absolute Gasteiger partial charge is 0.450 e. The van der Waals surface area contributed by atoms with Gasteiger partial charge in [-0.3, -0.25) is 4.79 Å². The van der Waals surface area contributed by atoms with E-state index in [1.807, 2.05) is 30.3 Å². The molecule has 6 aliphatic carbocycles. The van der Waals surface area contributed by atoms with Crippen LogP contribution in [0.15, 0.2) is 78.4 Å². The number of aliphatic hydroxyl groups is 2. The summed E-state index contributed by atoms with van der Waals surface area (Å²) in [6.07, 6.45) is 5.46. The van der Waals surface area contributed by atoms with Crippen molar-refractivity contribution in [3.8, 4) is 5.75 Å². The van der Waals surface area contributed by atoms with Gasteiger partial charge in [-0.25, -0.2) is 4.79 Å². The van der Waals surface area contributed by atoms with E-state index in [9.17, 15) is 28.2 Å². The summed E-state index contributed by atoms with van der Waals surface area (Å²) in [6.45, 7) is 6.25. The Bertz CT molecular complexity index is 1980. The molecule has 6 aliphatic rings. The van der Waals surface area contributed by atoms with Crippen LogP contribution in [0, 0.1) is 33.5 Å². The first kappa shape index (κ1) is 36.3. The number of Topliss-reactive ketones (excluding diaryl/α,β-unsaturated/α-hetero) is 1. The monoisotopic (exact) mass is 749 g/mol. The van der Waals surface area contributed by atoms with Gasteiger partial charge in [0.2, 0.25) is 0 Å². The highest BCUT2D eigenvalue weighted by Gasteiger charge is 2.74. The van der Waals surface area contributed by atoms with Crippen LogP contribution in [0.5, 0.6) is 5.75 Å². The molecule has 2 spiro atoms. The van der Waals surface area contributed by atoms with Crippen LogP contribution < -0.4 is 4.74 Å². The van der Waals surface area contributed by atoms with Crippen LogP contribution >= 0.6 is 11.3 Å². The Morgan fingerprint density at radius 2 is 1.66 bits per heavy atom. The molecule has 9 rings (SSSR count). The Morgan fingerprint density at radius 1 is 0.962 bits per heavy atom. The maximum Gasteiger partial charge on any atom is 0.573 e. The predicted octanol–water partition coefficient (Wildman–Crippen LogP) is 9.23. The Hall–Kier alpha value is -3.67. The van der Waals surface area contributed by atoms with E-state index >= 15 is 4.79 Å². The average Bonchev–Trinajstić information content (AvgIpc) is 3.66. The van der Waals surface area contributed by atoms with E-state index in [4.69, 9.17) is 4.74 Å². The largest absolute Gasteiger partial charge is 0.573 e. The average molecular weight is 750 g/mol. The van der Waals surface area contributed by atoms with Gasteiger partial charge in [0, 0.05) is 33.1 Å². The third-order valence-corrected chi connectivity index (χ3v) is 15.2. The summed E-state index contributed by atoms with van der Waals surface area (Å²) in [4.78, 5) is 30.6. The van der Waals surface area contributed by atoms with Gasteiger partial charge in [0.15, 0.2) is 5.78 Å². The summed E-state index contributed by atoms with van der Waals surface area (Å²) < 4.78 is 48.9. The number of carbonyl (C=O) groups excluding carboxylic acids is 2. The van der Waals surface area contributed by atoms with Crippen molar-refractivity contribution in [2.75, 3.05) is 13.2 Å². The molecule has 3 saturated carbocycles. The van der Waals surface area contributed by atoms with Gasteiger partial charge >= 0.3 is 12.5 Å². The summed E-state index contributed by atoms with van der Waals surface area (Å²) in [6, 6.07) is 15.3. The van der Waals surface area contributed by atoms with Gasteiger partial charge in [-0.15, -0.1) is 24.5 Å². The van der Waals surface area contributed by atoms with Crippen molar-refractivity contribution in [2.45, 2.75) is 90.3 Å². The van der Waals surface area contributed by atoms with E-state index in [2.05, 4.69) is 36.8 Å². The van der Waals surface area contributed by atoms with Gasteiger partial charge in [-0.05, 0) is 104 Å². The van der Waals surface area contributed by atoms with Crippen molar-refractivity contribution in [2.24, 2.45) is 33.5 Å². The fraction of sp³-hybridized carbons (Fsp3) is 0.524. The minimum absolute atomic E-state index is 0.00725. The van der Waals surface area contributed by atoms with Crippen molar-refractivity contribution >= 4 is 33.3 Å². The van der Waals surface area contributed by atoms with Crippen LogP contribution in [0.4, 0.5) is 18.0 Å². The number of hydrogen-bond donors (Lipinski definition) is 2. The number of amides is 1. The first-order chi connectivity index (χ1) is 25.1. The number of alkyl halides is 3. The normalized spacial score (nSPS) is 35.6. The highest BCUT2D eigenvalue weighted by molar-refractivity contribution is 7.21. The number of allylic oxidation sites excluding steroid dienone is 4. The third kappa shape index (κ3) is 5.50. The van der Waals surface area contributed by atoms with Crippen LogP contribution in [0.3, 0.4) is 0 Å². The topological polar surface area (TPSA) is 96.3 Å². The maximum atomic E-state index is 15.0. The van der Waals surface area contributed by atoms with Gasteiger partial charge in [-0.2, -0.15) is 0 Å². The minimum atomic E-state index is -4.82. The zero-order valence-electron chi connectivity index (χ0n) is 30.2. The van der Waals surface area contributed by atoms with Gasteiger partial charge < -0.3 is 24.6 Å². The quantitative estimate of drug-likeness (QED) is 0.176. The minimum Gasteiger partial charge on any atom is -0.450 e. The van der Waals surface area contributed by atoms with E-state index in [1.165, 1.54) is 40.5 Å². The van der Waals surface area contributed by atoms with Crippen LogP contribution in [0.25, 0.3) is 10.1 Å². The molecular formula is C42H46F3NO6S. The van der Waals surface area contributed by atoms with Crippen LogP contribution in [0.2, 0.25) is 0 Å². The van der Waals surface area contributed by atoms with E-state index in [-0.39, 0.29) is 48.5 Å². The lowest BCUT2D eigenvalue weighted by atomic mass is 9.32. The predicted molar refractivity (Wildman–Crippen MR) is 195 cm³/mol. The fourth-order valence-electron chi connectivity index (χ4n) is 11.6. The van der Waals surface area contributed by atoms with Crippen LogP contribution in [-0.2, 0) is 11.3 Å². The van der Waals surface area contributed by atoms with Crippen molar-refractivity contribution < 1.29 is 42.4 Å². The van der Waals surface area contributed by atoms with Crippen LogP contribution in [-0.4, -0.2) is 58.2 Å². The highest BCUT2D eigenvalue weighted by Crippen LogP contribution is 2.78. The molecule has 282 valence electrons. The molecule has 11 heteroatoms. The van der Waals surface area contributed by atoms with Crippen molar-refractivity contribution in [3.05, 3.63) is 88.8 Å². The van der Waals surface area contributed by atoms with Crippen LogP contribution in [0.1, 0.15) is 81.0 Å². The zero-order chi connectivity index (χ0) is 37.6. The van der Waals surface area contributed by atoms with Crippen molar-refractivity contribution in [1.82, 2.24) is 4.90 Å². The molecule has 0 aliphatic heterocycles. The lowest BCUT2D eigenvalue weighted by molar-refractivity contribution is -0.274. The Balaban J connectivity index is 1.17. The van der Waals surface area contributed by atoms with E-state index in [0.29, 0.717) is 42.5 Å². The summed E-state index contributed by atoms with van der Waals surface area (Å²) >= 11 is 1.50. The van der Waals surface area contributed by atoms with E-state index < -0.39 is 40.4 Å². The van der Waals surface area contributed by atoms with Crippen molar-refractivity contribution in [1.29, 1.82) is 0 Å². The number of ketones is 1. The zero-order valence-corrected chi connectivity index (χ0v) is 31.1. The number of carbonyl (C=O) groups is 2. The number of aliphatic hydroxyl groups excluding tert-OH is 1. The molecular weight excluding hydrogens is 704 g/mol. The highest BCUT2D eigenvalue weighted by atomic mass is 32.1. The lowest BCUT2D eigenvalue weighted by Crippen LogP contribution is -2.67.